The lowest BCUT2D eigenvalue weighted by Gasteiger charge is -2.09. The lowest BCUT2D eigenvalue weighted by Crippen LogP contribution is -2.06. The van der Waals surface area contributed by atoms with Gasteiger partial charge < -0.3 is 11.1 Å². The zero-order valence-corrected chi connectivity index (χ0v) is 26.7. The van der Waals surface area contributed by atoms with Gasteiger partial charge in [0.05, 0.1) is 31.3 Å². The average molecular weight is 698 g/mol. The van der Waals surface area contributed by atoms with Crippen LogP contribution in [-0.4, -0.2) is 49.3 Å². The number of hydrogen-bond donors (Lipinski definition) is 2. The van der Waals surface area contributed by atoms with Crippen molar-refractivity contribution in [2.75, 3.05) is 11.1 Å². The summed E-state index contributed by atoms with van der Waals surface area (Å²) in [6, 6.07) is 14.4. The molecule has 4 aromatic heterocycles. The third-order valence-electron chi connectivity index (χ3n) is 5.88. The van der Waals surface area contributed by atoms with Crippen LogP contribution in [0, 0.1) is 34.1 Å². The van der Waals surface area contributed by atoms with Gasteiger partial charge in [-0.15, -0.1) is 0 Å². The van der Waals surface area contributed by atoms with Crippen molar-refractivity contribution in [1.29, 1.82) is 0 Å². The highest BCUT2D eigenvalue weighted by Gasteiger charge is 2.14. The highest BCUT2D eigenvalue weighted by atomic mass is 35.5. The molecule has 240 valence electrons. The Bertz CT molecular complexity index is 2010. The van der Waals surface area contributed by atoms with Gasteiger partial charge in [-0.3, -0.25) is 20.2 Å². The van der Waals surface area contributed by atoms with Crippen molar-refractivity contribution in [2.45, 2.75) is 13.8 Å². The number of nitrogen functional groups attached to an aromatic ring is 1. The lowest BCUT2D eigenvalue weighted by molar-refractivity contribution is -0.385. The van der Waals surface area contributed by atoms with E-state index >= 15 is 0 Å². The van der Waals surface area contributed by atoms with Crippen molar-refractivity contribution in [3.63, 3.8) is 0 Å². The number of para-hydroxylation sites is 2. The Kier molecular flexibility index (Phi) is 11.3. The third-order valence-corrected chi connectivity index (χ3v) is 6.74. The van der Waals surface area contributed by atoms with Crippen molar-refractivity contribution >= 4 is 63.5 Å². The summed E-state index contributed by atoms with van der Waals surface area (Å²) >= 11 is 17.3. The minimum absolute atomic E-state index is 0.0683. The summed E-state index contributed by atoms with van der Waals surface area (Å²) in [6.07, 6.45) is 8.02. The first kappa shape index (κ1) is 34.2. The molecule has 0 amide bonds. The Morgan fingerprint density at radius 3 is 1.72 bits per heavy atom. The summed E-state index contributed by atoms with van der Waals surface area (Å²) in [5.41, 5.74) is 7.93. The van der Waals surface area contributed by atoms with Gasteiger partial charge in [-0.25, -0.2) is 19.3 Å². The number of nitrogens with two attached hydrogens (primary N) is 1. The van der Waals surface area contributed by atoms with E-state index in [1.54, 1.807) is 44.3 Å². The van der Waals surface area contributed by atoms with Crippen LogP contribution in [0.1, 0.15) is 11.1 Å². The van der Waals surface area contributed by atoms with E-state index in [9.17, 15) is 20.2 Å². The molecule has 6 aromatic rings. The molecule has 3 N–H and O–H groups in total. The predicted octanol–water partition coefficient (Wildman–Crippen LogP) is 6.73. The summed E-state index contributed by atoms with van der Waals surface area (Å²) in [5.74, 6) is 1.19. The van der Waals surface area contributed by atoms with Gasteiger partial charge in [0.1, 0.15) is 24.8 Å². The van der Waals surface area contributed by atoms with Crippen LogP contribution in [0.5, 0.6) is 0 Å². The van der Waals surface area contributed by atoms with Crippen LogP contribution in [-0.2, 0) is 0 Å². The molecule has 0 aliphatic carbocycles. The maximum absolute atomic E-state index is 10.8. The van der Waals surface area contributed by atoms with Gasteiger partial charge in [0.2, 0.25) is 11.2 Å². The van der Waals surface area contributed by atoms with Crippen molar-refractivity contribution in [3.8, 4) is 11.6 Å². The van der Waals surface area contributed by atoms with E-state index in [1.807, 2.05) is 24.3 Å². The summed E-state index contributed by atoms with van der Waals surface area (Å²) in [5, 5.41) is 33.3. The Balaban J connectivity index is 0.000000180. The van der Waals surface area contributed by atoms with E-state index in [0.717, 1.165) is 17.3 Å². The van der Waals surface area contributed by atoms with Crippen LogP contribution < -0.4 is 11.1 Å². The highest BCUT2D eigenvalue weighted by Crippen LogP contribution is 2.24. The van der Waals surface area contributed by atoms with Gasteiger partial charge in [-0.1, -0.05) is 47.5 Å². The molecule has 0 atom stereocenters. The normalized spacial score (nSPS) is 10.2. The molecule has 0 fully saturated rings. The highest BCUT2D eigenvalue weighted by molar-refractivity contribution is 6.33. The summed E-state index contributed by atoms with van der Waals surface area (Å²) in [6.45, 7) is 3.56. The lowest BCUT2D eigenvalue weighted by atomic mass is 10.3. The monoisotopic (exact) mass is 696 g/mol. The van der Waals surface area contributed by atoms with Crippen LogP contribution in [0.4, 0.5) is 28.7 Å². The number of anilines is 3. The van der Waals surface area contributed by atoms with Crippen LogP contribution in [0.3, 0.4) is 0 Å². The number of benzene rings is 2. The molecule has 47 heavy (non-hydrogen) atoms. The number of halogens is 3. The molecule has 0 radical (unpaired) electrons. The molecular formula is C28H23Cl3N12O4. The van der Waals surface area contributed by atoms with E-state index in [1.165, 1.54) is 34.2 Å². The van der Waals surface area contributed by atoms with Crippen molar-refractivity contribution in [3.05, 3.63) is 132 Å². The van der Waals surface area contributed by atoms with Gasteiger partial charge in [-0.05, 0) is 49.7 Å². The number of rotatable bonds is 6. The fraction of sp³-hybridized carbons (Fsp3) is 0.0714. The molecule has 16 nitrogen and oxygen atoms in total. The fourth-order valence-electron chi connectivity index (χ4n) is 3.57. The number of nitrogens with one attached hydrogen (secondary N) is 1. The van der Waals surface area contributed by atoms with Crippen LogP contribution >= 0.6 is 34.8 Å². The average Bonchev–Trinajstić information content (AvgIpc) is 3.74. The topological polar surface area (TPSA) is 212 Å². The Morgan fingerprint density at radius 1 is 0.723 bits per heavy atom. The van der Waals surface area contributed by atoms with E-state index in [0.29, 0.717) is 39.0 Å². The molecule has 19 heteroatoms. The second-order valence-corrected chi connectivity index (χ2v) is 10.4. The van der Waals surface area contributed by atoms with E-state index in [4.69, 9.17) is 40.5 Å². The second-order valence-electron chi connectivity index (χ2n) is 9.27. The van der Waals surface area contributed by atoms with Gasteiger partial charge in [0.25, 0.3) is 0 Å². The van der Waals surface area contributed by atoms with Gasteiger partial charge in [0.15, 0.2) is 11.6 Å². The first-order chi connectivity index (χ1) is 22.4. The maximum Gasteiger partial charge on any atom is 0.307 e. The van der Waals surface area contributed by atoms with Crippen LogP contribution in [0.15, 0.2) is 85.7 Å². The molecule has 4 heterocycles. The molecule has 0 saturated carbocycles. The Morgan fingerprint density at radius 2 is 1.23 bits per heavy atom. The van der Waals surface area contributed by atoms with Crippen LogP contribution in [0.2, 0.25) is 15.3 Å². The number of aromatic nitrogens is 8. The second kappa shape index (κ2) is 15.5. The molecule has 0 bridgehead atoms. The third kappa shape index (κ3) is 9.16. The zero-order chi connectivity index (χ0) is 34.1. The minimum atomic E-state index is -0.526. The first-order valence-corrected chi connectivity index (χ1v) is 14.3. The Hall–Kier alpha value is -5.71. The summed E-state index contributed by atoms with van der Waals surface area (Å²) < 4.78 is 2.63. The molecule has 0 aliphatic rings. The quantitative estimate of drug-likeness (QED) is 0.0802. The molecule has 0 aliphatic heterocycles. The number of hydrogen-bond acceptors (Lipinski definition) is 12. The molecular weight excluding hydrogens is 675 g/mol. The van der Waals surface area contributed by atoms with Gasteiger partial charge in [0, 0.05) is 23.5 Å². The molecule has 0 spiro atoms. The van der Waals surface area contributed by atoms with E-state index in [2.05, 4.69) is 35.5 Å². The zero-order valence-electron chi connectivity index (χ0n) is 24.4. The molecule has 2 aromatic carbocycles. The van der Waals surface area contributed by atoms with Gasteiger partial charge in [-0.2, -0.15) is 20.2 Å². The van der Waals surface area contributed by atoms with Gasteiger partial charge >= 0.3 is 11.4 Å². The van der Waals surface area contributed by atoms with E-state index < -0.39 is 9.85 Å². The number of aryl methyl sites for hydroxylation is 2. The van der Waals surface area contributed by atoms with Crippen molar-refractivity contribution < 1.29 is 9.85 Å². The molecule has 0 unspecified atom stereocenters. The van der Waals surface area contributed by atoms with Crippen LogP contribution in [0.25, 0.3) is 11.6 Å². The smallest absolute Gasteiger partial charge is 0.307 e. The first-order valence-electron chi connectivity index (χ1n) is 13.2. The fourth-order valence-corrected chi connectivity index (χ4v) is 4.02. The number of nitrogens with zero attached hydrogens (tertiary/aromatic N) is 10. The number of nitro groups is 2. The standard InChI is InChI=1S/C14H11ClN6O2.C8H6ClN5O2.C6H6ClN/c1-9-6-16-14(18-12-5-3-2-4-11(12)15)19-13(9)20-8-10(7-17-20)21(22)23;1-5-2-10-8(9)12-7(5)13-4-6(3-11-13)14(15)16;7-5-3-1-2-4-6(5)8/h2-8H,1H3,(H,16,18,19);2-4H,1H3;1-4H,8H2. The largest absolute Gasteiger partial charge is 0.398 e. The summed E-state index contributed by atoms with van der Waals surface area (Å²) in [4.78, 5) is 36.5. The Labute approximate surface area is 281 Å². The minimum Gasteiger partial charge on any atom is -0.398 e. The van der Waals surface area contributed by atoms with E-state index in [-0.39, 0.29) is 16.7 Å². The van der Waals surface area contributed by atoms with Crippen molar-refractivity contribution in [1.82, 2.24) is 39.5 Å². The predicted molar refractivity (Wildman–Crippen MR) is 177 cm³/mol. The van der Waals surface area contributed by atoms with Crippen molar-refractivity contribution in [2.24, 2.45) is 0 Å². The summed E-state index contributed by atoms with van der Waals surface area (Å²) in [7, 11) is 0. The SMILES string of the molecule is Cc1cnc(Cl)nc1-n1cc([N+](=O)[O-])cn1.Cc1cnc(Nc2ccccc2Cl)nc1-n1cc([N+](=O)[O-])cn1.Nc1ccccc1Cl. The molecule has 6 rings (SSSR count). The molecule has 0 saturated heterocycles. The maximum atomic E-state index is 10.8.